The largest absolute Gasteiger partial charge is 0.472 e. The number of carbonyl (C=O) groups excluding carboxylic acids is 4. The second-order valence-electron chi connectivity index (χ2n) is 31.3. The summed E-state index contributed by atoms with van der Waals surface area (Å²) in [5, 5.41) is 10.7. The van der Waals surface area contributed by atoms with Crippen molar-refractivity contribution in [1.29, 1.82) is 0 Å². The molecule has 0 fully saturated rings. The number of rotatable bonds is 84. The highest BCUT2D eigenvalue weighted by molar-refractivity contribution is 7.47. The fraction of sp³-hybridized carbons (Fsp3) is 0.953. The molecular formula is C85H166O17P2. The first-order chi connectivity index (χ1) is 50.4. The van der Waals surface area contributed by atoms with Crippen LogP contribution in [0.3, 0.4) is 0 Å². The Kier molecular flexibility index (Phi) is 75.0. The number of aliphatic hydroxyl groups is 1. The summed E-state index contributed by atoms with van der Waals surface area (Å²) in [5.41, 5.74) is 0. The highest BCUT2D eigenvalue weighted by atomic mass is 31.2. The Morgan fingerprint density at radius 2 is 0.490 bits per heavy atom. The maximum absolute atomic E-state index is 13.1. The van der Waals surface area contributed by atoms with Gasteiger partial charge >= 0.3 is 39.5 Å². The lowest BCUT2D eigenvalue weighted by Gasteiger charge is -2.21. The first-order valence-corrected chi connectivity index (χ1v) is 47.0. The molecule has 0 aromatic carbocycles. The Morgan fingerprint density at radius 1 is 0.279 bits per heavy atom. The van der Waals surface area contributed by atoms with Crippen LogP contribution in [0.1, 0.15) is 452 Å². The second-order valence-corrected chi connectivity index (χ2v) is 34.2. The van der Waals surface area contributed by atoms with Crippen LogP contribution in [-0.2, 0) is 65.4 Å². The van der Waals surface area contributed by atoms with Crippen LogP contribution in [0.2, 0.25) is 0 Å². The van der Waals surface area contributed by atoms with Gasteiger partial charge in [-0.05, 0) is 37.5 Å². The van der Waals surface area contributed by atoms with Gasteiger partial charge in [0.05, 0.1) is 26.4 Å². The van der Waals surface area contributed by atoms with E-state index in [9.17, 15) is 43.2 Å². The molecule has 0 bridgehead atoms. The fourth-order valence-corrected chi connectivity index (χ4v) is 14.8. The SMILES string of the molecule is CCCCCCCCCCCCCCCCCCCCCCCC(=O)O[C@H](COC(=O)CCCCCCCCCCCCCCCCCCCCCC)COP(=O)(O)OC[C@@H](O)COP(=O)(O)OC[C@@H](COC(=O)CCCCCCCCCCC(C)C)OC(=O)CCCCCCCCCCC(C)CC. The van der Waals surface area contributed by atoms with Gasteiger partial charge in [0.1, 0.15) is 19.3 Å². The number of aliphatic hydroxyl groups excluding tert-OH is 1. The number of ether oxygens (including phenoxy) is 4. The van der Waals surface area contributed by atoms with Gasteiger partial charge in [0.25, 0.3) is 0 Å². The Bertz CT molecular complexity index is 2000. The van der Waals surface area contributed by atoms with Crippen LogP contribution in [0.15, 0.2) is 0 Å². The summed E-state index contributed by atoms with van der Waals surface area (Å²) in [4.78, 5) is 73.1. The van der Waals surface area contributed by atoms with Crippen molar-refractivity contribution in [2.45, 2.75) is 471 Å². The van der Waals surface area contributed by atoms with Crippen molar-refractivity contribution in [1.82, 2.24) is 0 Å². The van der Waals surface area contributed by atoms with E-state index in [0.717, 1.165) is 102 Å². The number of phosphoric ester groups is 2. The average Bonchev–Trinajstić information content (AvgIpc) is 0.911. The van der Waals surface area contributed by atoms with Gasteiger partial charge in [0, 0.05) is 25.7 Å². The van der Waals surface area contributed by atoms with Crippen molar-refractivity contribution in [3.8, 4) is 0 Å². The minimum atomic E-state index is -4.97. The number of carbonyl (C=O) groups is 4. The van der Waals surface area contributed by atoms with Crippen molar-refractivity contribution < 1.29 is 80.2 Å². The molecule has 0 aliphatic heterocycles. The van der Waals surface area contributed by atoms with Gasteiger partial charge in [-0.1, -0.05) is 401 Å². The molecule has 0 saturated carbocycles. The molecule has 17 nitrogen and oxygen atoms in total. The van der Waals surface area contributed by atoms with E-state index in [1.165, 1.54) is 270 Å². The third kappa shape index (κ3) is 76.8. The zero-order valence-electron chi connectivity index (χ0n) is 68.3. The molecule has 6 atom stereocenters. The van der Waals surface area contributed by atoms with Crippen molar-refractivity contribution in [2.75, 3.05) is 39.6 Å². The molecule has 0 aliphatic carbocycles. The van der Waals surface area contributed by atoms with Gasteiger partial charge < -0.3 is 33.8 Å². The Morgan fingerprint density at radius 3 is 0.731 bits per heavy atom. The number of unbranched alkanes of at least 4 members (excludes halogenated alkanes) is 53. The van der Waals surface area contributed by atoms with E-state index in [2.05, 4.69) is 41.5 Å². The molecule has 0 saturated heterocycles. The maximum Gasteiger partial charge on any atom is 0.472 e. The minimum Gasteiger partial charge on any atom is -0.462 e. The predicted octanol–water partition coefficient (Wildman–Crippen LogP) is 25.8. The van der Waals surface area contributed by atoms with Crippen LogP contribution in [0.25, 0.3) is 0 Å². The van der Waals surface area contributed by atoms with Gasteiger partial charge in [0.2, 0.25) is 0 Å². The molecule has 0 aromatic rings. The van der Waals surface area contributed by atoms with Gasteiger partial charge in [0.15, 0.2) is 12.2 Å². The number of esters is 4. The van der Waals surface area contributed by atoms with E-state index in [4.69, 9.17) is 37.0 Å². The molecule has 0 aromatic heterocycles. The quantitative estimate of drug-likeness (QED) is 0.0222. The maximum atomic E-state index is 13.1. The minimum absolute atomic E-state index is 0.105. The van der Waals surface area contributed by atoms with Crippen molar-refractivity contribution in [3.05, 3.63) is 0 Å². The zero-order valence-corrected chi connectivity index (χ0v) is 70.1. The van der Waals surface area contributed by atoms with E-state index < -0.39 is 97.5 Å². The number of hydrogen-bond acceptors (Lipinski definition) is 15. The first-order valence-electron chi connectivity index (χ1n) is 44.0. The molecule has 0 radical (unpaired) electrons. The molecule has 0 rings (SSSR count). The van der Waals surface area contributed by atoms with E-state index in [1.807, 2.05) is 0 Å². The van der Waals surface area contributed by atoms with E-state index in [-0.39, 0.29) is 25.7 Å². The molecule has 19 heteroatoms. The van der Waals surface area contributed by atoms with E-state index in [1.54, 1.807) is 0 Å². The Hall–Kier alpha value is -1.94. The van der Waals surface area contributed by atoms with Crippen molar-refractivity contribution in [2.24, 2.45) is 11.8 Å². The van der Waals surface area contributed by atoms with Crippen LogP contribution < -0.4 is 0 Å². The van der Waals surface area contributed by atoms with Crippen LogP contribution in [-0.4, -0.2) is 96.7 Å². The summed E-state index contributed by atoms with van der Waals surface area (Å²) in [7, 11) is -9.93. The summed E-state index contributed by atoms with van der Waals surface area (Å²) < 4.78 is 68.8. The van der Waals surface area contributed by atoms with Crippen LogP contribution in [0.4, 0.5) is 0 Å². The van der Waals surface area contributed by atoms with Gasteiger partial charge in [-0.25, -0.2) is 9.13 Å². The molecule has 0 aliphatic rings. The topological polar surface area (TPSA) is 237 Å². The highest BCUT2D eigenvalue weighted by Crippen LogP contribution is 2.45. The summed E-state index contributed by atoms with van der Waals surface area (Å²) in [5.74, 6) is -0.612. The summed E-state index contributed by atoms with van der Waals surface area (Å²) >= 11 is 0. The lowest BCUT2D eigenvalue weighted by molar-refractivity contribution is -0.161. The number of hydrogen-bond donors (Lipinski definition) is 3. The third-order valence-corrected chi connectivity index (χ3v) is 22.2. The Balaban J connectivity index is 5.22. The lowest BCUT2D eigenvalue weighted by atomic mass is 9.99. The molecule has 3 N–H and O–H groups in total. The Labute approximate surface area is 638 Å². The van der Waals surface area contributed by atoms with Crippen LogP contribution in [0.5, 0.6) is 0 Å². The standard InChI is InChI=1S/C85H166O17P2/c1-7-10-12-14-16-18-20-22-24-26-28-30-32-34-36-38-40-42-51-57-63-69-84(89)101-80(73-95-82(87)67-61-55-49-41-39-37-35-33-31-29-27-25-23-21-19-17-15-13-11-8-2)75-99-103(91,92)97-71-79(86)72-98-104(93,94)100-76-81(74-96-83(88)68-62-56-50-45-43-47-53-59-65-77(4)5)102-85(90)70-64-58-52-46-44-48-54-60-66-78(6)9-3/h77-81,86H,7-76H2,1-6H3,(H,91,92)(H,93,94)/t78?,79-,80-,81-/m1/s1. The van der Waals surface area contributed by atoms with Crippen LogP contribution in [0, 0.1) is 11.8 Å². The third-order valence-electron chi connectivity index (χ3n) is 20.3. The van der Waals surface area contributed by atoms with Crippen molar-refractivity contribution >= 4 is 39.5 Å². The molecule has 3 unspecified atom stereocenters. The normalized spacial score (nSPS) is 14.1. The molecular weight excluding hydrogens is 1350 g/mol. The fourth-order valence-electron chi connectivity index (χ4n) is 13.2. The molecule has 104 heavy (non-hydrogen) atoms. The zero-order chi connectivity index (χ0) is 76.4. The van der Waals surface area contributed by atoms with Crippen LogP contribution >= 0.6 is 15.6 Å². The molecule has 618 valence electrons. The number of phosphoric acid groups is 2. The smallest absolute Gasteiger partial charge is 0.462 e. The second kappa shape index (κ2) is 76.4. The van der Waals surface area contributed by atoms with Gasteiger partial charge in [-0.2, -0.15) is 0 Å². The molecule has 0 heterocycles. The first kappa shape index (κ1) is 102. The average molecular weight is 1520 g/mol. The van der Waals surface area contributed by atoms with Crippen molar-refractivity contribution in [3.63, 3.8) is 0 Å². The van der Waals surface area contributed by atoms with Gasteiger partial charge in [-0.3, -0.25) is 37.3 Å². The van der Waals surface area contributed by atoms with E-state index in [0.29, 0.717) is 25.7 Å². The lowest BCUT2D eigenvalue weighted by Crippen LogP contribution is -2.30. The van der Waals surface area contributed by atoms with Gasteiger partial charge in [-0.15, -0.1) is 0 Å². The summed E-state index contributed by atoms with van der Waals surface area (Å²) in [6.07, 6.45) is 68.2. The molecule has 0 amide bonds. The monoisotopic (exact) mass is 1520 g/mol. The summed E-state index contributed by atoms with van der Waals surface area (Å²) in [6.45, 7) is 9.61. The highest BCUT2D eigenvalue weighted by Gasteiger charge is 2.30. The predicted molar refractivity (Wildman–Crippen MR) is 428 cm³/mol. The molecule has 0 spiro atoms. The summed E-state index contributed by atoms with van der Waals surface area (Å²) in [6, 6.07) is 0. The van der Waals surface area contributed by atoms with E-state index >= 15 is 0 Å².